The van der Waals surface area contributed by atoms with Crippen LogP contribution in [0.3, 0.4) is 0 Å². The minimum Gasteiger partial charge on any atom is -0.370 e. The lowest BCUT2D eigenvalue weighted by Crippen LogP contribution is -2.07. The third kappa shape index (κ3) is 3.27. The summed E-state index contributed by atoms with van der Waals surface area (Å²) >= 11 is 6.34. The van der Waals surface area contributed by atoms with Gasteiger partial charge < -0.3 is 5.32 Å². The van der Waals surface area contributed by atoms with Gasteiger partial charge in [-0.3, -0.25) is 0 Å². The van der Waals surface area contributed by atoms with E-state index in [0.29, 0.717) is 6.42 Å². The first-order valence-electron chi connectivity index (χ1n) is 8.56. The van der Waals surface area contributed by atoms with Crippen molar-refractivity contribution in [3.8, 4) is 5.69 Å². The lowest BCUT2D eigenvalue weighted by molar-refractivity contribution is 0.627. The van der Waals surface area contributed by atoms with Gasteiger partial charge in [-0.15, -0.1) is 0 Å². The van der Waals surface area contributed by atoms with E-state index in [1.165, 1.54) is 17.7 Å². The lowest BCUT2D eigenvalue weighted by Gasteiger charge is -2.09. The molecule has 5 heteroatoms. The van der Waals surface area contributed by atoms with E-state index >= 15 is 0 Å². The van der Waals surface area contributed by atoms with Gasteiger partial charge in [-0.25, -0.2) is 9.07 Å². The molecule has 0 unspecified atom stereocenters. The van der Waals surface area contributed by atoms with E-state index in [4.69, 9.17) is 16.7 Å². The zero-order chi connectivity index (χ0) is 17.2. The van der Waals surface area contributed by atoms with Gasteiger partial charge >= 0.3 is 0 Å². The van der Waals surface area contributed by atoms with Crippen molar-refractivity contribution in [2.24, 2.45) is 0 Å². The van der Waals surface area contributed by atoms with Crippen LogP contribution in [0.15, 0.2) is 48.5 Å². The van der Waals surface area contributed by atoms with Crippen LogP contribution in [-0.2, 0) is 12.8 Å². The molecule has 128 valence electrons. The van der Waals surface area contributed by atoms with Gasteiger partial charge in [0.15, 0.2) is 0 Å². The molecule has 0 saturated carbocycles. The smallest absolute Gasteiger partial charge is 0.133 e. The summed E-state index contributed by atoms with van der Waals surface area (Å²) in [5, 5.41) is 9.10. The van der Waals surface area contributed by atoms with E-state index in [1.807, 2.05) is 28.9 Å². The van der Waals surface area contributed by atoms with Gasteiger partial charge in [0.2, 0.25) is 0 Å². The lowest BCUT2D eigenvalue weighted by atomic mass is 10.0. The van der Waals surface area contributed by atoms with Gasteiger partial charge in [0.05, 0.1) is 11.4 Å². The van der Waals surface area contributed by atoms with Crippen molar-refractivity contribution in [2.75, 3.05) is 11.9 Å². The fraction of sp³-hybridized carbons (Fsp3) is 0.250. The first-order chi connectivity index (χ1) is 12.2. The Balaban J connectivity index is 1.79. The van der Waals surface area contributed by atoms with Gasteiger partial charge in [0.1, 0.15) is 11.6 Å². The topological polar surface area (TPSA) is 29.9 Å². The number of nitrogens with one attached hydrogen (secondary N) is 1. The summed E-state index contributed by atoms with van der Waals surface area (Å²) in [6.45, 7) is 0.922. The van der Waals surface area contributed by atoms with Crippen LogP contribution >= 0.6 is 11.6 Å². The van der Waals surface area contributed by atoms with Crippen molar-refractivity contribution in [3.63, 3.8) is 0 Å². The van der Waals surface area contributed by atoms with Crippen LogP contribution in [0.2, 0.25) is 5.02 Å². The number of fused-ring (bicyclic) bond motifs is 1. The van der Waals surface area contributed by atoms with Gasteiger partial charge in [0, 0.05) is 23.6 Å². The Morgan fingerprint density at radius 3 is 2.68 bits per heavy atom. The molecule has 0 radical (unpaired) electrons. The molecule has 2 aromatic carbocycles. The summed E-state index contributed by atoms with van der Waals surface area (Å²) in [7, 11) is 0. The van der Waals surface area contributed by atoms with E-state index in [1.54, 1.807) is 12.1 Å². The third-order valence-electron chi connectivity index (χ3n) is 4.60. The van der Waals surface area contributed by atoms with Crippen molar-refractivity contribution in [3.05, 3.63) is 76.2 Å². The highest BCUT2D eigenvalue weighted by atomic mass is 35.5. The molecular formula is C20H19ClFN3. The maximum atomic E-state index is 13.3. The second-order valence-corrected chi connectivity index (χ2v) is 6.72. The second kappa shape index (κ2) is 6.89. The largest absolute Gasteiger partial charge is 0.370 e. The number of aromatic nitrogens is 2. The summed E-state index contributed by atoms with van der Waals surface area (Å²) in [5.74, 6) is 0.775. The second-order valence-electron chi connectivity index (χ2n) is 6.31. The summed E-state index contributed by atoms with van der Waals surface area (Å²) in [5.41, 5.74) is 4.20. The van der Waals surface area contributed by atoms with Gasteiger partial charge in [-0.05, 0) is 55.2 Å². The molecule has 0 amide bonds. The van der Waals surface area contributed by atoms with Crippen LogP contribution in [0.1, 0.15) is 29.7 Å². The molecule has 1 N–H and O–H groups in total. The number of anilines is 1. The highest BCUT2D eigenvalue weighted by molar-refractivity contribution is 6.31. The maximum absolute atomic E-state index is 13.3. The first-order valence-corrected chi connectivity index (χ1v) is 8.94. The zero-order valence-corrected chi connectivity index (χ0v) is 14.6. The Kier molecular flexibility index (Phi) is 4.45. The molecule has 0 fully saturated rings. The van der Waals surface area contributed by atoms with Crippen molar-refractivity contribution in [1.82, 2.24) is 9.78 Å². The number of hydrogen-bond acceptors (Lipinski definition) is 2. The van der Waals surface area contributed by atoms with Crippen molar-refractivity contribution >= 4 is 17.4 Å². The van der Waals surface area contributed by atoms with Gasteiger partial charge in [-0.2, -0.15) is 5.10 Å². The number of halogens is 2. The Labute approximate surface area is 151 Å². The molecule has 0 saturated heterocycles. The molecular weight excluding hydrogens is 337 g/mol. The predicted molar refractivity (Wildman–Crippen MR) is 99.2 cm³/mol. The number of hydrogen-bond donors (Lipinski definition) is 1. The van der Waals surface area contributed by atoms with Gasteiger partial charge in [-0.1, -0.05) is 29.8 Å². The van der Waals surface area contributed by atoms with Gasteiger partial charge in [0.25, 0.3) is 0 Å². The van der Waals surface area contributed by atoms with E-state index in [0.717, 1.165) is 53.6 Å². The molecule has 3 nitrogen and oxygen atoms in total. The average molecular weight is 356 g/mol. The van der Waals surface area contributed by atoms with Crippen LogP contribution < -0.4 is 5.32 Å². The molecule has 0 atom stereocenters. The molecule has 0 spiro atoms. The standard InChI is InChI=1S/C20H19ClFN3/c21-18-7-2-1-5-14(18)13-19-17-6-3-4-12-23-20(17)25(24-19)16-10-8-15(22)9-11-16/h1-2,5,7-11,23H,3-4,6,12-13H2. The Bertz CT molecular complexity index is 886. The van der Waals surface area contributed by atoms with Crippen molar-refractivity contribution in [2.45, 2.75) is 25.7 Å². The minimum atomic E-state index is -0.244. The molecule has 2 heterocycles. The van der Waals surface area contributed by atoms with E-state index < -0.39 is 0 Å². The summed E-state index contributed by atoms with van der Waals surface area (Å²) < 4.78 is 15.2. The minimum absolute atomic E-state index is 0.244. The predicted octanol–water partition coefficient (Wildman–Crippen LogP) is 5.00. The van der Waals surface area contributed by atoms with Crippen LogP contribution in [0.25, 0.3) is 5.69 Å². The number of nitrogens with zero attached hydrogens (tertiary/aromatic N) is 2. The quantitative estimate of drug-likeness (QED) is 0.716. The third-order valence-corrected chi connectivity index (χ3v) is 4.97. The maximum Gasteiger partial charge on any atom is 0.133 e. The molecule has 1 aromatic heterocycles. The van der Waals surface area contributed by atoms with Crippen LogP contribution in [0.5, 0.6) is 0 Å². The highest BCUT2D eigenvalue weighted by Crippen LogP contribution is 2.30. The molecule has 1 aliphatic rings. The monoisotopic (exact) mass is 355 g/mol. The molecule has 25 heavy (non-hydrogen) atoms. The fourth-order valence-corrected chi connectivity index (χ4v) is 3.51. The fourth-order valence-electron chi connectivity index (χ4n) is 3.31. The molecule has 1 aliphatic heterocycles. The van der Waals surface area contributed by atoms with Crippen molar-refractivity contribution < 1.29 is 4.39 Å². The Morgan fingerprint density at radius 2 is 1.88 bits per heavy atom. The Morgan fingerprint density at radius 1 is 1.08 bits per heavy atom. The van der Waals surface area contributed by atoms with E-state index in [9.17, 15) is 4.39 Å². The molecule has 4 rings (SSSR count). The summed E-state index contributed by atoms with van der Waals surface area (Å²) in [6, 6.07) is 14.3. The highest BCUT2D eigenvalue weighted by Gasteiger charge is 2.21. The van der Waals surface area contributed by atoms with Crippen LogP contribution in [-0.4, -0.2) is 16.3 Å². The van der Waals surface area contributed by atoms with Crippen LogP contribution in [0, 0.1) is 5.82 Å². The van der Waals surface area contributed by atoms with Crippen LogP contribution in [0.4, 0.5) is 10.2 Å². The first kappa shape index (κ1) is 16.2. The van der Waals surface area contributed by atoms with E-state index in [2.05, 4.69) is 5.32 Å². The number of rotatable bonds is 3. The SMILES string of the molecule is Fc1ccc(-n2nc(Cc3ccccc3Cl)c3c2NCCCC3)cc1. The molecule has 0 aliphatic carbocycles. The average Bonchev–Trinajstić information content (AvgIpc) is 2.80. The number of benzene rings is 2. The molecule has 0 bridgehead atoms. The summed E-state index contributed by atoms with van der Waals surface area (Å²) in [6.07, 6.45) is 3.94. The van der Waals surface area contributed by atoms with Crippen molar-refractivity contribution in [1.29, 1.82) is 0 Å². The Hall–Kier alpha value is -2.33. The zero-order valence-electron chi connectivity index (χ0n) is 13.8. The van der Waals surface area contributed by atoms with E-state index in [-0.39, 0.29) is 5.82 Å². The molecule has 3 aromatic rings. The summed E-state index contributed by atoms with van der Waals surface area (Å²) in [4.78, 5) is 0. The normalized spacial score (nSPS) is 13.8.